The monoisotopic (exact) mass is 403 g/mol. The Kier molecular flexibility index (Phi) is 4.77. The lowest BCUT2D eigenvalue weighted by atomic mass is 10.0. The molecule has 154 valence electrons. The lowest BCUT2D eigenvalue weighted by Crippen LogP contribution is -2.44. The van der Waals surface area contributed by atoms with Gasteiger partial charge in [-0.1, -0.05) is 30.3 Å². The highest BCUT2D eigenvalue weighted by atomic mass is 16.2. The van der Waals surface area contributed by atoms with Gasteiger partial charge in [-0.2, -0.15) is 0 Å². The third-order valence-electron chi connectivity index (χ3n) is 6.46. The third kappa shape index (κ3) is 3.07. The van der Waals surface area contributed by atoms with Gasteiger partial charge in [0.05, 0.1) is 17.8 Å². The van der Waals surface area contributed by atoms with E-state index in [1.165, 1.54) is 0 Å². The minimum absolute atomic E-state index is 0.0252. The van der Waals surface area contributed by atoms with Crippen molar-refractivity contribution in [2.45, 2.75) is 38.3 Å². The van der Waals surface area contributed by atoms with Crippen LogP contribution in [0.3, 0.4) is 0 Å². The minimum Gasteiger partial charge on any atom is -0.339 e. The zero-order valence-corrected chi connectivity index (χ0v) is 16.9. The van der Waals surface area contributed by atoms with Crippen LogP contribution in [0.25, 0.3) is 0 Å². The van der Waals surface area contributed by atoms with Crippen molar-refractivity contribution in [1.29, 1.82) is 0 Å². The Bertz CT molecular complexity index is 1010. The Balaban J connectivity index is 1.54. The summed E-state index contributed by atoms with van der Waals surface area (Å²) < 4.78 is 0. The summed E-state index contributed by atoms with van der Waals surface area (Å²) in [4.78, 5) is 45.0. The smallest absolute Gasteiger partial charge is 0.256 e. The molecule has 3 aliphatic heterocycles. The number of likely N-dealkylation sites (tertiary alicyclic amines) is 1. The average Bonchev–Trinajstić information content (AvgIpc) is 3.47. The lowest BCUT2D eigenvalue weighted by Gasteiger charge is -2.27. The molecule has 2 aromatic carbocycles. The fourth-order valence-electron chi connectivity index (χ4n) is 4.90. The van der Waals surface area contributed by atoms with Gasteiger partial charge in [0.15, 0.2) is 0 Å². The maximum atomic E-state index is 13.5. The molecule has 6 nitrogen and oxygen atoms in total. The van der Waals surface area contributed by atoms with Gasteiger partial charge >= 0.3 is 0 Å². The fourth-order valence-corrected chi connectivity index (χ4v) is 4.90. The Morgan fingerprint density at radius 3 is 2.47 bits per heavy atom. The summed E-state index contributed by atoms with van der Waals surface area (Å²) in [6, 6.07) is 14.4. The maximum Gasteiger partial charge on any atom is 0.256 e. The molecule has 0 aromatic heterocycles. The summed E-state index contributed by atoms with van der Waals surface area (Å²) in [5, 5.41) is 0. The highest BCUT2D eigenvalue weighted by Crippen LogP contribution is 2.33. The Labute approximate surface area is 176 Å². The number of para-hydroxylation sites is 1. The third-order valence-corrected chi connectivity index (χ3v) is 6.46. The number of anilines is 1. The predicted octanol–water partition coefficient (Wildman–Crippen LogP) is 3.07. The Morgan fingerprint density at radius 2 is 1.63 bits per heavy atom. The summed E-state index contributed by atoms with van der Waals surface area (Å²) in [5.74, 6) is -0.114. The van der Waals surface area contributed by atoms with Gasteiger partial charge in [-0.15, -0.1) is 0 Å². The van der Waals surface area contributed by atoms with E-state index in [1.54, 1.807) is 15.9 Å². The van der Waals surface area contributed by atoms with Crippen molar-refractivity contribution >= 4 is 23.4 Å². The quantitative estimate of drug-likeness (QED) is 0.791. The van der Waals surface area contributed by atoms with E-state index in [9.17, 15) is 14.4 Å². The lowest BCUT2D eigenvalue weighted by molar-refractivity contribution is -0.122. The molecular formula is C24H25N3O3. The van der Waals surface area contributed by atoms with E-state index in [2.05, 4.69) is 0 Å². The number of fused-ring (bicyclic) bond motifs is 2. The van der Waals surface area contributed by atoms with E-state index in [1.807, 2.05) is 47.4 Å². The van der Waals surface area contributed by atoms with Crippen LogP contribution in [0.1, 0.15) is 52.0 Å². The van der Waals surface area contributed by atoms with E-state index < -0.39 is 6.04 Å². The van der Waals surface area contributed by atoms with Crippen LogP contribution in [0.2, 0.25) is 0 Å². The van der Waals surface area contributed by atoms with Gasteiger partial charge in [-0.05, 0) is 49.4 Å². The molecule has 3 aliphatic rings. The molecule has 0 saturated carbocycles. The zero-order valence-electron chi connectivity index (χ0n) is 16.9. The van der Waals surface area contributed by atoms with Crippen LogP contribution in [-0.4, -0.2) is 53.2 Å². The van der Waals surface area contributed by atoms with Crippen LogP contribution in [0.4, 0.5) is 5.69 Å². The van der Waals surface area contributed by atoms with Crippen LogP contribution >= 0.6 is 0 Å². The Hall–Kier alpha value is -3.15. The van der Waals surface area contributed by atoms with E-state index in [-0.39, 0.29) is 24.3 Å². The molecule has 2 saturated heterocycles. The van der Waals surface area contributed by atoms with Gasteiger partial charge in [-0.3, -0.25) is 14.4 Å². The molecule has 0 aliphatic carbocycles. The molecule has 0 N–H and O–H groups in total. The second-order valence-corrected chi connectivity index (χ2v) is 8.25. The number of carbonyl (C=O) groups is 3. The van der Waals surface area contributed by atoms with Gasteiger partial charge in [0.25, 0.3) is 11.8 Å². The molecule has 30 heavy (non-hydrogen) atoms. The number of benzene rings is 2. The molecule has 2 fully saturated rings. The average molecular weight is 403 g/mol. The number of carbonyl (C=O) groups excluding carboxylic acids is 3. The van der Waals surface area contributed by atoms with Crippen molar-refractivity contribution in [2.75, 3.05) is 24.5 Å². The largest absolute Gasteiger partial charge is 0.339 e. The molecule has 3 amide bonds. The molecule has 0 unspecified atom stereocenters. The SMILES string of the molecule is O=C(c1ccccc1CN1C(=O)[C@H]2CCCN2C(=O)c2ccccc21)N1CCCC1. The normalized spacial score (nSPS) is 20.9. The van der Waals surface area contributed by atoms with Crippen molar-refractivity contribution in [1.82, 2.24) is 9.80 Å². The molecular weight excluding hydrogens is 378 g/mol. The molecule has 1 atom stereocenters. The second kappa shape index (κ2) is 7.59. The maximum absolute atomic E-state index is 13.5. The number of nitrogens with zero attached hydrogens (tertiary/aromatic N) is 3. The van der Waals surface area contributed by atoms with Crippen molar-refractivity contribution in [3.63, 3.8) is 0 Å². The topological polar surface area (TPSA) is 60.9 Å². The first-order valence-corrected chi connectivity index (χ1v) is 10.7. The van der Waals surface area contributed by atoms with Crippen LogP contribution in [0, 0.1) is 0 Å². The van der Waals surface area contributed by atoms with Gasteiger partial charge < -0.3 is 14.7 Å². The molecule has 0 spiro atoms. The van der Waals surface area contributed by atoms with Crippen molar-refractivity contribution in [2.24, 2.45) is 0 Å². The summed E-state index contributed by atoms with van der Waals surface area (Å²) in [7, 11) is 0. The summed E-state index contributed by atoms with van der Waals surface area (Å²) in [6.07, 6.45) is 3.59. The van der Waals surface area contributed by atoms with E-state index in [0.717, 1.165) is 37.9 Å². The number of hydrogen-bond acceptors (Lipinski definition) is 3. The first kappa shape index (κ1) is 18.9. The van der Waals surface area contributed by atoms with Gasteiger partial charge in [0.2, 0.25) is 5.91 Å². The predicted molar refractivity (Wildman–Crippen MR) is 113 cm³/mol. The molecule has 0 bridgehead atoms. The van der Waals surface area contributed by atoms with E-state index in [0.29, 0.717) is 29.8 Å². The minimum atomic E-state index is -0.425. The molecule has 3 heterocycles. The van der Waals surface area contributed by atoms with Crippen molar-refractivity contribution in [3.8, 4) is 0 Å². The summed E-state index contributed by atoms with van der Waals surface area (Å²) >= 11 is 0. The molecule has 2 aromatic rings. The van der Waals surface area contributed by atoms with Crippen LogP contribution in [0.5, 0.6) is 0 Å². The highest BCUT2D eigenvalue weighted by Gasteiger charge is 2.42. The van der Waals surface area contributed by atoms with Crippen LogP contribution in [-0.2, 0) is 11.3 Å². The van der Waals surface area contributed by atoms with Crippen molar-refractivity contribution < 1.29 is 14.4 Å². The van der Waals surface area contributed by atoms with E-state index in [4.69, 9.17) is 0 Å². The molecule has 0 radical (unpaired) electrons. The molecule has 5 rings (SSSR count). The van der Waals surface area contributed by atoms with Gasteiger partial charge in [-0.25, -0.2) is 0 Å². The van der Waals surface area contributed by atoms with Crippen LogP contribution in [0.15, 0.2) is 48.5 Å². The summed E-state index contributed by atoms with van der Waals surface area (Å²) in [5.41, 5.74) is 2.64. The first-order chi connectivity index (χ1) is 14.6. The van der Waals surface area contributed by atoms with Gasteiger partial charge in [0, 0.05) is 25.2 Å². The first-order valence-electron chi connectivity index (χ1n) is 10.7. The standard InChI is InChI=1S/C24H25N3O3/c28-22(25-13-5-6-14-25)18-9-2-1-8-17(18)16-27-20-11-4-3-10-19(20)23(29)26-15-7-12-21(26)24(27)30/h1-4,8-11,21H,5-7,12-16H2/t21-/m1/s1. The number of hydrogen-bond donors (Lipinski definition) is 0. The van der Waals surface area contributed by atoms with Crippen molar-refractivity contribution in [3.05, 3.63) is 65.2 Å². The van der Waals surface area contributed by atoms with Gasteiger partial charge in [0.1, 0.15) is 6.04 Å². The summed E-state index contributed by atoms with van der Waals surface area (Å²) in [6.45, 7) is 2.46. The fraction of sp³-hybridized carbons (Fsp3) is 0.375. The second-order valence-electron chi connectivity index (χ2n) is 8.25. The number of rotatable bonds is 3. The Morgan fingerprint density at radius 1 is 0.900 bits per heavy atom. The number of amides is 3. The van der Waals surface area contributed by atoms with Crippen LogP contribution < -0.4 is 4.90 Å². The zero-order chi connectivity index (χ0) is 20.7. The van der Waals surface area contributed by atoms with E-state index >= 15 is 0 Å². The highest BCUT2D eigenvalue weighted by molar-refractivity contribution is 6.11. The molecule has 6 heteroatoms.